The average Bonchev–Trinajstić information content (AvgIpc) is 2.74. The lowest BCUT2D eigenvalue weighted by Gasteiger charge is -2.10. The number of rotatable bonds is 1. The molecule has 3 rings (SSSR count). The number of hydrogen-bond donors (Lipinski definition) is 0. The summed E-state index contributed by atoms with van der Waals surface area (Å²) >= 11 is 13.9. The van der Waals surface area contributed by atoms with Crippen molar-refractivity contribution in [3.63, 3.8) is 0 Å². The molecule has 0 saturated heterocycles. The zero-order chi connectivity index (χ0) is 14.4. The van der Waals surface area contributed by atoms with Gasteiger partial charge >= 0.3 is 0 Å². The summed E-state index contributed by atoms with van der Waals surface area (Å²) in [7, 11) is 0. The molecule has 0 spiro atoms. The molecule has 3 aromatic rings. The van der Waals surface area contributed by atoms with Crippen LogP contribution in [-0.4, -0.2) is 10.2 Å². The molecule has 0 fully saturated rings. The molecule has 1 aromatic carbocycles. The molecule has 2 heterocycles. The molecule has 0 aliphatic carbocycles. The molecule has 0 saturated carbocycles. The largest absolute Gasteiger partial charge is 0.159 e. The topological polar surface area (TPSA) is 25.8 Å². The molecule has 0 unspecified atom stereocenters. The number of benzene rings is 1. The van der Waals surface area contributed by atoms with E-state index in [2.05, 4.69) is 29.3 Å². The Morgan fingerprint density at radius 1 is 0.900 bits per heavy atom. The minimum atomic E-state index is 0.448. The average molecular weight is 323 g/mol. The third kappa shape index (κ3) is 2.10. The Labute approximate surface area is 131 Å². The fraction of sp³-hybridized carbons (Fsp3) is 0.200. The van der Waals surface area contributed by atoms with Crippen molar-refractivity contribution in [2.24, 2.45) is 0 Å². The number of hydrogen-bond acceptors (Lipinski definition) is 3. The van der Waals surface area contributed by atoms with Crippen molar-refractivity contribution >= 4 is 45.3 Å². The number of thiophene rings is 1. The van der Waals surface area contributed by atoms with E-state index < -0.39 is 0 Å². The lowest BCUT2D eigenvalue weighted by Crippen LogP contribution is -1.94. The van der Waals surface area contributed by atoms with E-state index in [1.807, 2.05) is 19.9 Å². The zero-order valence-electron chi connectivity index (χ0n) is 11.3. The van der Waals surface area contributed by atoms with Gasteiger partial charge in [-0.15, -0.1) is 21.5 Å². The molecule has 0 atom stereocenters. The molecule has 102 valence electrons. The lowest BCUT2D eigenvalue weighted by atomic mass is 10.0. The van der Waals surface area contributed by atoms with Crippen molar-refractivity contribution in [1.82, 2.24) is 10.2 Å². The van der Waals surface area contributed by atoms with Gasteiger partial charge in [-0.1, -0.05) is 35.3 Å². The SMILES string of the molecule is Cc1cc(-c2nnc(Cl)c3c(C)ccc(C)c23)sc1Cl. The molecule has 20 heavy (non-hydrogen) atoms. The van der Waals surface area contributed by atoms with Crippen LogP contribution in [-0.2, 0) is 0 Å². The first kappa shape index (κ1) is 13.8. The number of aromatic nitrogens is 2. The fourth-order valence-corrected chi connectivity index (χ4v) is 3.80. The Morgan fingerprint density at radius 3 is 2.15 bits per heavy atom. The van der Waals surface area contributed by atoms with E-state index in [1.165, 1.54) is 11.3 Å². The summed E-state index contributed by atoms with van der Waals surface area (Å²) in [5.74, 6) is 0. The summed E-state index contributed by atoms with van der Waals surface area (Å²) in [5.41, 5.74) is 4.15. The van der Waals surface area contributed by atoms with Crippen molar-refractivity contribution < 1.29 is 0 Å². The third-order valence-electron chi connectivity index (χ3n) is 3.39. The second kappa shape index (κ2) is 4.99. The van der Waals surface area contributed by atoms with E-state index in [1.54, 1.807) is 0 Å². The number of nitrogens with zero attached hydrogens (tertiary/aromatic N) is 2. The highest BCUT2D eigenvalue weighted by molar-refractivity contribution is 7.19. The first-order valence-corrected chi connectivity index (χ1v) is 7.74. The summed E-state index contributed by atoms with van der Waals surface area (Å²) in [5, 5.41) is 10.9. The Bertz CT molecular complexity index is 797. The summed E-state index contributed by atoms with van der Waals surface area (Å²) in [6, 6.07) is 6.19. The van der Waals surface area contributed by atoms with E-state index in [-0.39, 0.29) is 0 Å². The van der Waals surface area contributed by atoms with Crippen LogP contribution in [0, 0.1) is 20.8 Å². The van der Waals surface area contributed by atoms with Crippen LogP contribution < -0.4 is 0 Å². The van der Waals surface area contributed by atoms with Crippen molar-refractivity contribution in [1.29, 1.82) is 0 Å². The molecule has 0 bridgehead atoms. The predicted molar refractivity (Wildman–Crippen MR) is 87.1 cm³/mol. The second-order valence-electron chi connectivity index (χ2n) is 4.86. The van der Waals surface area contributed by atoms with E-state index in [0.717, 1.165) is 42.4 Å². The van der Waals surface area contributed by atoms with Gasteiger partial charge in [-0.3, -0.25) is 0 Å². The van der Waals surface area contributed by atoms with Crippen molar-refractivity contribution in [3.8, 4) is 10.6 Å². The van der Waals surface area contributed by atoms with Crippen LogP contribution in [0.15, 0.2) is 18.2 Å². The van der Waals surface area contributed by atoms with Gasteiger partial charge in [0.25, 0.3) is 0 Å². The van der Waals surface area contributed by atoms with Crippen LogP contribution in [0.2, 0.25) is 9.49 Å². The van der Waals surface area contributed by atoms with Crippen molar-refractivity contribution in [2.75, 3.05) is 0 Å². The third-order valence-corrected chi connectivity index (χ3v) is 5.22. The summed E-state index contributed by atoms with van der Waals surface area (Å²) in [6.07, 6.45) is 0. The van der Waals surface area contributed by atoms with Crippen LogP contribution in [0.1, 0.15) is 16.7 Å². The van der Waals surface area contributed by atoms with Gasteiger partial charge in [-0.05, 0) is 43.5 Å². The molecule has 0 radical (unpaired) electrons. The minimum absolute atomic E-state index is 0.448. The van der Waals surface area contributed by atoms with Gasteiger partial charge < -0.3 is 0 Å². The maximum absolute atomic E-state index is 6.23. The van der Waals surface area contributed by atoms with Gasteiger partial charge in [0.05, 0.1) is 9.21 Å². The molecule has 0 aliphatic heterocycles. The van der Waals surface area contributed by atoms with Crippen LogP contribution in [0.3, 0.4) is 0 Å². The highest BCUT2D eigenvalue weighted by Gasteiger charge is 2.16. The van der Waals surface area contributed by atoms with Crippen molar-refractivity contribution in [3.05, 3.63) is 44.4 Å². The molecular weight excluding hydrogens is 311 g/mol. The Hall–Kier alpha value is -1.16. The highest BCUT2D eigenvalue weighted by Crippen LogP contribution is 2.39. The number of fused-ring (bicyclic) bond motifs is 1. The lowest BCUT2D eigenvalue weighted by molar-refractivity contribution is 1.06. The summed E-state index contributed by atoms with van der Waals surface area (Å²) in [4.78, 5) is 1.02. The Kier molecular flexibility index (Phi) is 3.44. The maximum atomic E-state index is 6.23. The van der Waals surface area contributed by atoms with Gasteiger partial charge in [0.15, 0.2) is 5.15 Å². The zero-order valence-corrected chi connectivity index (χ0v) is 13.6. The monoisotopic (exact) mass is 322 g/mol. The smallest absolute Gasteiger partial charge is 0.147 e. The van der Waals surface area contributed by atoms with Gasteiger partial charge in [0, 0.05) is 10.8 Å². The van der Waals surface area contributed by atoms with E-state index >= 15 is 0 Å². The fourth-order valence-electron chi connectivity index (χ4n) is 2.32. The molecule has 0 amide bonds. The molecule has 5 heteroatoms. The first-order chi connectivity index (χ1) is 9.49. The van der Waals surface area contributed by atoms with Crippen molar-refractivity contribution in [2.45, 2.75) is 20.8 Å². The first-order valence-electron chi connectivity index (χ1n) is 6.17. The van der Waals surface area contributed by atoms with E-state index in [0.29, 0.717) is 5.15 Å². The normalized spacial score (nSPS) is 11.2. The standard InChI is InChI=1S/C15H12Cl2N2S/c1-7-4-5-8(2)12-11(7)13(18-19-14(12)16)10-6-9(3)15(17)20-10/h4-6H,1-3H3. The summed E-state index contributed by atoms with van der Waals surface area (Å²) in [6.45, 7) is 6.09. The predicted octanol–water partition coefficient (Wildman–Crippen LogP) is 5.59. The number of halogens is 2. The molecule has 2 aromatic heterocycles. The molecular formula is C15H12Cl2N2S. The quantitative estimate of drug-likeness (QED) is 0.583. The van der Waals surface area contributed by atoms with Crippen LogP contribution in [0.5, 0.6) is 0 Å². The van der Waals surface area contributed by atoms with E-state index in [4.69, 9.17) is 23.2 Å². The molecule has 2 nitrogen and oxygen atoms in total. The van der Waals surface area contributed by atoms with E-state index in [9.17, 15) is 0 Å². The van der Waals surface area contributed by atoms with Gasteiger partial charge in [-0.2, -0.15) is 0 Å². The Morgan fingerprint density at radius 2 is 1.55 bits per heavy atom. The molecule has 0 aliphatic rings. The highest BCUT2D eigenvalue weighted by atomic mass is 35.5. The maximum Gasteiger partial charge on any atom is 0.159 e. The van der Waals surface area contributed by atoms with Gasteiger partial charge in [0.1, 0.15) is 5.69 Å². The van der Waals surface area contributed by atoms with Crippen LogP contribution in [0.4, 0.5) is 0 Å². The summed E-state index contributed by atoms with van der Waals surface area (Å²) < 4.78 is 0.787. The van der Waals surface area contributed by atoms with Gasteiger partial charge in [0.2, 0.25) is 0 Å². The Balaban J connectivity index is 2.43. The minimum Gasteiger partial charge on any atom is -0.147 e. The van der Waals surface area contributed by atoms with Crippen LogP contribution >= 0.6 is 34.5 Å². The second-order valence-corrected chi connectivity index (χ2v) is 6.87. The van der Waals surface area contributed by atoms with Gasteiger partial charge in [-0.25, -0.2) is 0 Å². The number of aryl methyl sites for hydroxylation is 3. The van der Waals surface area contributed by atoms with Crippen LogP contribution in [0.25, 0.3) is 21.3 Å². The molecule has 0 N–H and O–H groups in total.